The number of aliphatic hydroxyl groups excluding tert-OH is 1. The van der Waals surface area contributed by atoms with Gasteiger partial charge in [-0.25, -0.2) is 9.97 Å². The number of aromatic nitrogens is 4. The van der Waals surface area contributed by atoms with Gasteiger partial charge in [-0.05, 0) is 51.5 Å². The molecule has 134 valence electrons. The third kappa shape index (κ3) is 3.15. The molecule has 1 aliphatic carbocycles. The van der Waals surface area contributed by atoms with Crippen molar-refractivity contribution in [3.63, 3.8) is 0 Å². The summed E-state index contributed by atoms with van der Waals surface area (Å²) < 4.78 is 2.08. The maximum atomic E-state index is 10.4. The summed E-state index contributed by atoms with van der Waals surface area (Å²) in [6, 6.07) is 2.09. The van der Waals surface area contributed by atoms with E-state index in [2.05, 4.69) is 39.6 Å². The second kappa shape index (κ2) is 6.41. The molecule has 6 heteroatoms. The first-order valence-corrected chi connectivity index (χ1v) is 9.40. The molecule has 2 aliphatic rings. The van der Waals surface area contributed by atoms with Crippen molar-refractivity contribution in [3.05, 3.63) is 34.5 Å². The van der Waals surface area contributed by atoms with Crippen LogP contribution in [0, 0.1) is 19.8 Å². The molecular weight excluding hydrogens is 314 g/mol. The van der Waals surface area contributed by atoms with E-state index in [9.17, 15) is 5.11 Å². The van der Waals surface area contributed by atoms with Crippen molar-refractivity contribution in [2.24, 2.45) is 5.92 Å². The number of hydrogen-bond donors (Lipinski definition) is 1. The monoisotopic (exact) mass is 341 g/mol. The van der Waals surface area contributed by atoms with Crippen LogP contribution in [0.1, 0.15) is 60.8 Å². The zero-order chi connectivity index (χ0) is 17.6. The van der Waals surface area contributed by atoms with Crippen LogP contribution in [-0.2, 0) is 19.5 Å². The third-order valence-corrected chi connectivity index (χ3v) is 5.36. The smallest absolute Gasteiger partial charge is 0.136 e. The maximum Gasteiger partial charge on any atom is 0.136 e. The van der Waals surface area contributed by atoms with Gasteiger partial charge in [-0.3, -0.25) is 4.68 Å². The number of hydrogen-bond acceptors (Lipinski definition) is 5. The summed E-state index contributed by atoms with van der Waals surface area (Å²) in [4.78, 5) is 11.6. The summed E-state index contributed by atoms with van der Waals surface area (Å²) in [5, 5.41) is 15.1. The first kappa shape index (κ1) is 16.5. The first-order chi connectivity index (χ1) is 12.1. The second-order valence-electron chi connectivity index (χ2n) is 7.35. The molecular formula is C19H27N5O. The Morgan fingerprint density at radius 3 is 2.76 bits per heavy atom. The van der Waals surface area contributed by atoms with Gasteiger partial charge in [-0.15, -0.1) is 0 Å². The van der Waals surface area contributed by atoms with Crippen LogP contribution in [0.4, 0.5) is 5.82 Å². The Bertz CT molecular complexity index is 780. The molecule has 6 nitrogen and oxygen atoms in total. The quantitative estimate of drug-likeness (QED) is 0.926. The summed E-state index contributed by atoms with van der Waals surface area (Å²) in [5.41, 5.74) is 4.32. The summed E-state index contributed by atoms with van der Waals surface area (Å²) in [7, 11) is 0. The number of aryl methyl sites for hydroxylation is 3. The SMILES string of the molecule is CCc1c(C)nc(C)nc1N1CCCn2nc([C@H](O)C3CC3)cc2C1. The van der Waals surface area contributed by atoms with E-state index in [0.717, 1.165) is 68.3 Å². The van der Waals surface area contributed by atoms with Crippen molar-refractivity contribution in [1.82, 2.24) is 19.7 Å². The lowest BCUT2D eigenvalue weighted by Gasteiger charge is -2.24. The van der Waals surface area contributed by atoms with E-state index in [1.54, 1.807) is 0 Å². The van der Waals surface area contributed by atoms with E-state index < -0.39 is 6.10 Å². The molecule has 2 aromatic heterocycles. The Hall–Kier alpha value is -1.95. The zero-order valence-corrected chi connectivity index (χ0v) is 15.4. The summed E-state index contributed by atoms with van der Waals surface area (Å²) in [6.07, 6.45) is 3.80. The predicted molar refractivity (Wildman–Crippen MR) is 96.5 cm³/mol. The van der Waals surface area contributed by atoms with Crippen molar-refractivity contribution in [1.29, 1.82) is 0 Å². The summed E-state index contributed by atoms with van der Waals surface area (Å²) >= 11 is 0. The molecule has 0 unspecified atom stereocenters. The molecule has 0 spiro atoms. The molecule has 0 aromatic carbocycles. The van der Waals surface area contributed by atoms with Gasteiger partial charge in [0.15, 0.2) is 0 Å². The van der Waals surface area contributed by atoms with Crippen LogP contribution in [0.3, 0.4) is 0 Å². The highest BCUT2D eigenvalue weighted by Gasteiger charge is 2.33. The summed E-state index contributed by atoms with van der Waals surface area (Å²) in [5.74, 6) is 2.30. The van der Waals surface area contributed by atoms with Crippen molar-refractivity contribution in [2.75, 3.05) is 11.4 Å². The Kier molecular flexibility index (Phi) is 4.23. The molecule has 1 aliphatic heterocycles. The van der Waals surface area contributed by atoms with E-state index in [4.69, 9.17) is 4.98 Å². The van der Waals surface area contributed by atoms with Gasteiger partial charge in [0.25, 0.3) is 0 Å². The van der Waals surface area contributed by atoms with Crippen molar-refractivity contribution >= 4 is 5.82 Å². The van der Waals surface area contributed by atoms with Crippen molar-refractivity contribution in [3.8, 4) is 0 Å². The Morgan fingerprint density at radius 2 is 2.04 bits per heavy atom. The topological polar surface area (TPSA) is 67.1 Å². The average Bonchev–Trinajstić information content (AvgIpc) is 3.38. The van der Waals surface area contributed by atoms with Crippen LogP contribution in [0.5, 0.6) is 0 Å². The van der Waals surface area contributed by atoms with Gasteiger partial charge in [-0.2, -0.15) is 5.10 Å². The van der Waals surface area contributed by atoms with Crippen LogP contribution < -0.4 is 4.90 Å². The highest BCUT2D eigenvalue weighted by atomic mass is 16.3. The summed E-state index contributed by atoms with van der Waals surface area (Å²) in [6.45, 7) is 8.84. The van der Waals surface area contributed by atoms with E-state index in [1.807, 2.05) is 6.92 Å². The molecule has 1 N–H and O–H groups in total. The minimum absolute atomic E-state index is 0.400. The molecule has 0 radical (unpaired) electrons. The minimum Gasteiger partial charge on any atom is -0.386 e. The first-order valence-electron chi connectivity index (χ1n) is 9.40. The Balaban J connectivity index is 1.65. The van der Waals surface area contributed by atoms with E-state index in [1.165, 1.54) is 11.3 Å². The standard InChI is InChI=1S/C19H27N5O/c1-4-16-12(2)20-13(3)21-19(16)23-8-5-9-24-15(11-23)10-17(22-24)18(25)14-6-7-14/h10,14,18,25H,4-9,11H2,1-3H3/t18-/m1/s1. The third-order valence-electron chi connectivity index (χ3n) is 5.36. The van der Waals surface area contributed by atoms with Crippen LogP contribution in [-0.4, -0.2) is 31.4 Å². The van der Waals surface area contributed by atoms with Crippen LogP contribution in [0.25, 0.3) is 0 Å². The lowest BCUT2D eigenvalue weighted by Crippen LogP contribution is -2.26. The van der Waals surface area contributed by atoms with Crippen molar-refractivity contribution in [2.45, 2.75) is 65.6 Å². The highest BCUT2D eigenvalue weighted by Crippen LogP contribution is 2.40. The number of rotatable bonds is 4. The Morgan fingerprint density at radius 1 is 1.24 bits per heavy atom. The fraction of sp³-hybridized carbons (Fsp3) is 0.632. The molecule has 1 saturated carbocycles. The fourth-order valence-corrected chi connectivity index (χ4v) is 3.86. The van der Waals surface area contributed by atoms with Gasteiger partial charge in [0.2, 0.25) is 0 Å². The maximum absolute atomic E-state index is 10.4. The zero-order valence-electron chi connectivity index (χ0n) is 15.4. The van der Waals surface area contributed by atoms with Crippen LogP contribution in [0.2, 0.25) is 0 Å². The number of anilines is 1. The van der Waals surface area contributed by atoms with Gasteiger partial charge in [0.05, 0.1) is 17.9 Å². The lowest BCUT2D eigenvalue weighted by atomic mass is 10.1. The number of fused-ring (bicyclic) bond motifs is 1. The average molecular weight is 341 g/mol. The fourth-order valence-electron chi connectivity index (χ4n) is 3.86. The van der Waals surface area contributed by atoms with E-state index in [-0.39, 0.29) is 0 Å². The molecule has 1 atom stereocenters. The van der Waals surface area contributed by atoms with Gasteiger partial charge >= 0.3 is 0 Å². The highest BCUT2D eigenvalue weighted by molar-refractivity contribution is 5.49. The number of nitrogens with zero attached hydrogens (tertiary/aromatic N) is 5. The molecule has 2 aromatic rings. The molecule has 0 saturated heterocycles. The van der Waals surface area contributed by atoms with E-state index in [0.29, 0.717) is 5.92 Å². The lowest BCUT2D eigenvalue weighted by molar-refractivity contribution is 0.148. The molecule has 3 heterocycles. The second-order valence-corrected chi connectivity index (χ2v) is 7.35. The van der Waals surface area contributed by atoms with Crippen LogP contribution in [0.15, 0.2) is 6.07 Å². The molecule has 0 amide bonds. The molecule has 1 fully saturated rings. The van der Waals surface area contributed by atoms with Crippen LogP contribution >= 0.6 is 0 Å². The van der Waals surface area contributed by atoms with E-state index >= 15 is 0 Å². The molecule has 4 rings (SSSR count). The van der Waals surface area contributed by atoms with Gasteiger partial charge < -0.3 is 10.0 Å². The largest absolute Gasteiger partial charge is 0.386 e. The Labute approximate surface area is 148 Å². The number of aliphatic hydroxyl groups is 1. The predicted octanol–water partition coefficient (Wildman–Crippen LogP) is 2.71. The van der Waals surface area contributed by atoms with Crippen molar-refractivity contribution < 1.29 is 5.11 Å². The molecule has 0 bridgehead atoms. The molecule has 25 heavy (non-hydrogen) atoms. The normalized spacial score (nSPS) is 18.8. The minimum atomic E-state index is -0.400. The van der Waals surface area contributed by atoms with Gasteiger partial charge in [0.1, 0.15) is 17.7 Å². The van der Waals surface area contributed by atoms with Gasteiger partial charge in [0, 0.05) is 24.3 Å². The van der Waals surface area contributed by atoms with Gasteiger partial charge in [-0.1, -0.05) is 6.92 Å².